The molecule has 0 spiro atoms. The normalized spacial score (nSPS) is 16.6. The van der Waals surface area contributed by atoms with Gasteiger partial charge in [0.15, 0.2) is 0 Å². The van der Waals surface area contributed by atoms with Crippen LogP contribution in [0, 0.1) is 5.82 Å². The molecular weight excluding hydrogens is 399 g/mol. The molecule has 2 aromatic carbocycles. The molecule has 0 aromatic heterocycles. The lowest BCUT2D eigenvalue weighted by Crippen LogP contribution is -2.39. The molecule has 0 bridgehead atoms. The molecule has 0 saturated heterocycles. The highest BCUT2D eigenvalue weighted by atomic mass is 19.1. The Kier molecular flexibility index (Phi) is 8.55. The SMILES string of the molecule is CCCC(=O)OC[C@@H](O)CN(Cc1ccc(F)cc1)C[C@@H]1CC(c2ccccc2)=NO1. The zero-order chi connectivity index (χ0) is 22.1. The summed E-state index contributed by atoms with van der Waals surface area (Å²) in [6.07, 6.45) is 0.698. The van der Waals surface area contributed by atoms with Crippen LogP contribution in [0.5, 0.6) is 0 Å². The van der Waals surface area contributed by atoms with Gasteiger partial charge in [-0.1, -0.05) is 54.5 Å². The number of hydrogen-bond donors (Lipinski definition) is 1. The number of nitrogens with zero attached hydrogens (tertiary/aromatic N) is 2. The number of halogens is 1. The Morgan fingerprint density at radius 3 is 2.71 bits per heavy atom. The fourth-order valence-corrected chi connectivity index (χ4v) is 3.48. The summed E-state index contributed by atoms with van der Waals surface area (Å²) < 4.78 is 18.4. The van der Waals surface area contributed by atoms with Gasteiger partial charge in [-0.25, -0.2) is 4.39 Å². The van der Waals surface area contributed by atoms with Gasteiger partial charge >= 0.3 is 5.97 Å². The second-order valence-corrected chi connectivity index (χ2v) is 7.74. The first-order valence-corrected chi connectivity index (χ1v) is 10.6. The van der Waals surface area contributed by atoms with E-state index in [1.165, 1.54) is 12.1 Å². The fraction of sp³-hybridized carbons (Fsp3) is 0.417. The zero-order valence-electron chi connectivity index (χ0n) is 17.7. The van der Waals surface area contributed by atoms with Gasteiger partial charge in [-0.05, 0) is 29.7 Å². The Bertz CT molecular complexity index is 858. The van der Waals surface area contributed by atoms with Crippen LogP contribution >= 0.6 is 0 Å². The lowest BCUT2D eigenvalue weighted by atomic mass is 10.0. The molecule has 2 atom stereocenters. The Balaban J connectivity index is 1.59. The third-order valence-corrected chi connectivity index (χ3v) is 4.98. The van der Waals surface area contributed by atoms with Crippen LogP contribution in [-0.4, -0.2) is 53.6 Å². The number of rotatable bonds is 11. The molecule has 1 heterocycles. The lowest BCUT2D eigenvalue weighted by Gasteiger charge is -2.27. The van der Waals surface area contributed by atoms with Crippen molar-refractivity contribution in [3.63, 3.8) is 0 Å². The topological polar surface area (TPSA) is 71.4 Å². The Morgan fingerprint density at radius 1 is 1.26 bits per heavy atom. The highest BCUT2D eigenvalue weighted by Crippen LogP contribution is 2.19. The van der Waals surface area contributed by atoms with Crippen molar-refractivity contribution in [2.24, 2.45) is 5.16 Å². The molecule has 6 nitrogen and oxygen atoms in total. The summed E-state index contributed by atoms with van der Waals surface area (Å²) in [7, 11) is 0. The lowest BCUT2D eigenvalue weighted by molar-refractivity contribution is -0.147. The predicted molar refractivity (Wildman–Crippen MR) is 116 cm³/mol. The van der Waals surface area contributed by atoms with Gasteiger partial charge in [0, 0.05) is 32.5 Å². The highest BCUT2D eigenvalue weighted by Gasteiger charge is 2.26. The third-order valence-electron chi connectivity index (χ3n) is 4.98. The van der Waals surface area contributed by atoms with Crippen molar-refractivity contribution >= 4 is 11.7 Å². The molecule has 7 heteroatoms. The number of aliphatic hydroxyl groups is 1. The molecule has 0 fully saturated rings. The van der Waals surface area contributed by atoms with Crippen LogP contribution in [0.2, 0.25) is 0 Å². The molecule has 31 heavy (non-hydrogen) atoms. The molecule has 0 radical (unpaired) electrons. The number of benzene rings is 2. The standard InChI is InChI=1S/C24H29FN2O4/c1-2-6-24(29)30-17-21(28)15-27(14-18-9-11-20(25)12-10-18)16-22-13-23(26-31-22)19-7-4-3-5-8-19/h3-5,7-12,21-22,28H,2,6,13-17H2,1H3/t21-,22-/m0/s1. The summed E-state index contributed by atoms with van der Waals surface area (Å²) in [4.78, 5) is 19.2. The summed E-state index contributed by atoms with van der Waals surface area (Å²) in [6.45, 7) is 3.15. The Hall–Kier alpha value is -2.77. The number of ether oxygens (including phenoxy) is 1. The van der Waals surface area contributed by atoms with Crippen molar-refractivity contribution in [3.05, 3.63) is 71.5 Å². The van der Waals surface area contributed by atoms with Gasteiger partial charge < -0.3 is 14.7 Å². The molecule has 0 aliphatic carbocycles. The van der Waals surface area contributed by atoms with Gasteiger partial charge in [0.25, 0.3) is 0 Å². The van der Waals surface area contributed by atoms with Crippen molar-refractivity contribution in [2.75, 3.05) is 19.7 Å². The van der Waals surface area contributed by atoms with Gasteiger partial charge in [-0.2, -0.15) is 0 Å². The van der Waals surface area contributed by atoms with E-state index >= 15 is 0 Å². The quantitative estimate of drug-likeness (QED) is 0.555. The average Bonchev–Trinajstić information content (AvgIpc) is 3.23. The zero-order valence-corrected chi connectivity index (χ0v) is 17.7. The molecular formula is C24H29FN2O4. The highest BCUT2D eigenvalue weighted by molar-refractivity contribution is 6.01. The number of carbonyl (C=O) groups excluding carboxylic acids is 1. The maximum absolute atomic E-state index is 13.3. The fourth-order valence-electron chi connectivity index (χ4n) is 3.48. The van der Waals surface area contributed by atoms with Crippen molar-refractivity contribution < 1.29 is 23.9 Å². The van der Waals surface area contributed by atoms with Crippen LogP contribution in [0.1, 0.15) is 37.3 Å². The smallest absolute Gasteiger partial charge is 0.305 e. The minimum atomic E-state index is -0.836. The molecule has 1 aliphatic rings. The van der Waals surface area contributed by atoms with Crippen LogP contribution in [0.3, 0.4) is 0 Å². The van der Waals surface area contributed by atoms with Crippen molar-refractivity contribution in [3.8, 4) is 0 Å². The number of esters is 1. The summed E-state index contributed by atoms with van der Waals surface area (Å²) in [5.74, 6) is -0.607. The van der Waals surface area contributed by atoms with Gasteiger partial charge in [-0.3, -0.25) is 9.69 Å². The summed E-state index contributed by atoms with van der Waals surface area (Å²) in [6, 6.07) is 16.1. The second kappa shape index (κ2) is 11.6. The third kappa shape index (κ3) is 7.45. The first-order chi connectivity index (χ1) is 15.0. The molecule has 166 valence electrons. The monoisotopic (exact) mass is 428 g/mol. The summed E-state index contributed by atoms with van der Waals surface area (Å²) in [5.41, 5.74) is 2.83. The Morgan fingerprint density at radius 2 is 2.00 bits per heavy atom. The number of oxime groups is 1. The van der Waals surface area contributed by atoms with Crippen LogP contribution < -0.4 is 0 Å². The van der Waals surface area contributed by atoms with Crippen LogP contribution in [0.25, 0.3) is 0 Å². The van der Waals surface area contributed by atoms with E-state index < -0.39 is 6.10 Å². The van der Waals surface area contributed by atoms with E-state index in [0.717, 1.165) is 16.8 Å². The van der Waals surface area contributed by atoms with E-state index in [1.807, 2.05) is 42.2 Å². The molecule has 3 rings (SSSR count). The molecule has 0 saturated carbocycles. The first-order valence-electron chi connectivity index (χ1n) is 10.6. The summed E-state index contributed by atoms with van der Waals surface area (Å²) >= 11 is 0. The molecule has 2 aromatic rings. The molecule has 0 unspecified atom stereocenters. The summed E-state index contributed by atoms with van der Waals surface area (Å²) in [5, 5.41) is 14.6. The first kappa shape index (κ1) is 22.9. The maximum Gasteiger partial charge on any atom is 0.305 e. The minimum Gasteiger partial charge on any atom is -0.463 e. The number of aliphatic hydroxyl groups excluding tert-OH is 1. The minimum absolute atomic E-state index is 0.0595. The Labute approximate surface area is 182 Å². The van der Waals surface area contributed by atoms with Gasteiger partial charge in [0.1, 0.15) is 24.6 Å². The largest absolute Gasteiger partial charge is 0.463 e. The maximum atomic E-state index is 13.3. The predicted octanol–water partition coefficient (Wildman–Crippen LogP) is 3.53. The van der Waals surface area contributed by atoms with E-state index in [2.05, 4.69) is 5.16 Å². The second-order valence-electron chi connectivity index (χ2n) is 7.74. The van der Waals surface area contributed by atoms with Crippen molar-refractivity contribution in [2.45, 2.75) is 44.9 Å². The van der Waals surface area contributed by atoms with Crippen LogP contribution in [0.15, 0.2) is 59.8 Å². The number of hydrogen-bond acceptors (Lipinski definition) is 6. The van der Waals surface area contributed by atoms with E-state index in [1.54, 1.807) is 12.1 Å². The van der Waals surface area contributed by atoms with Crippen molar-refractivity contribution in [1.82, 2.24) is 4.90 Å². The van der Waals surface area contributed by atoms with Crippen LogP contribution in [-0.2, 0) is 20.9 Å². The van der Waals surface area contributed by atoms with E-state index in [4.69, 9.17) is 9.57 Å². The van der Waals surface area contributed by atoms with E-state index in [-0.39, 0.29) is 31.0 Å². The van der Waals surface area contributed by atoms with Gasteiger partial charge in [0.2, 0.25) is 0 Å². The van der Waals surface area contributed by atoms with Gasteiger partial charge in [-0.15, -0.1) is 0 Å². The molecule has 1 N–H and O–H groups in total. The van der Waals surface area contributed by atoms with E-state index in [0.29, 0.717) is 32.4 Å². The van der Waals surface area contributed by atoms with E-state index in [9.17, 15) is 14.3 Å². The average molecular weight is 429 g/mol. The van der Waals surface area contributed by atoms with Gasteiger partial charge in [0.05, 0.1) is 5.71 Å². The molecule has 0 amide bonds. The molecule has 1 aliphatic heterocycles. The van der Waals surface area contributed by atoms with Crippen molar-refractivity contribution in [1.29, 1.82) is 0 Å². The van der Waals surface area contributed by atoms with Crippen LogP contribution in [0.4, 0.5) is 4.39 Å². The number of carbonyl (C=O) groups is 1.